The fourth-order valence-corrected chi connectivity index (χ4v) is 4.55. The molecule has 1 N–H and O–H groups in total. The van der Waals surface area contributed by atoms with Gasteiger partial charge in [-0.25, -0.2) is 4.79 Å². The topological polar surface area (TPSA) is 54.0 Å². The number of amides is 2. The SMILES string of the molecule is O=C(NC1CCCCC1)N(CCN1CCOCC1)Cc1cccc(OCc2ccccc2)c1. The van der Waals surface area contributed by atoms with Gasteiger partial charge in [0.2, 0.25) is 0 Å². The second kappa shape index (κ2) is 12.6. The molecule has 1 saturated carbocycles. The van der Waals surface area contributed by atoms with Crippen molar-refractivity contribution in [2.24, 2.45) is 0 Å². The summed E-state index contributed by atoms with van der Waals surface area (Å²) in [5, 5.41) is 3.30. The van der Waals surface area contributed by atoms with Gasteiger partial charge in [-0.05, 0) is 36.1 Å². The molecule has 1 saturated heterocycles. The zero-order valence-corrected chi connectivity index (χ0v) is 19.6. The van der Waals surface area contributed by atoms with Crippen molar-refractivity contribution in [3.8, 4) is 5.75 Å². The van der Waals surface area contributed by atoms with Gasteiger partial charge in [0.15, 0.2) is 0 Å². The first-order chi connectivity index (χ1) is 16.3. The van der Waals surface area contributed by atoms with Crippen molar-refractivity contribution in [3.05, 3.63) is 65.7 Å². The molecule has 0 unspecified atom stereocenters. The number of hydrogen-bond donors (Lipinski definition) is 1. The number of hydrogen-bond acceptors (Lipinski definition) is 4. The zero-order valence-electron chi connectivity index (χ0n) is 19.6. The second-order valence-electron chi connectivity index (χ2n) is 9.08. The summed E-state index contributed by atoms with van der Waals surface area (Å²) in [6.07, 6.45) is 5.87. The van der Waals surface area contributed by atoms with E-state index in [4.69, 9.17) is 9.47 Å². The summed E-state index contributed by atoms with van der Waals surface area (Å²) in [4.78, 5) is 17.6. The van der Waals surface area contributed by atoms with Crippen LogP contribution >= 0.6 is 0 Å². The van der Waals surface area contributed by atoms with E-state index in [1.54, 1.807) is 0 Å². The first-order valence-corrected chi connectivity index (χ1v) is 12.4. The maximum Gasteiger partial charge on any atom is 0.317 e. The van der Waals surface area contributed by atoms with Gasteiger partial charge in [0.05, 0.1) is 13.2 Å². The summed E-state index contributed by atoms with van der Waals surface area (Å²) in [7, 11) is 0. The summed E-state index contributed by atoms with van der Waals surface area (Å²) < 4.78 is 11.5. The molecule has 33 heavy (non-hydrogen) atoms. The van der Waals surface area contributed by atoms with Gasteiger partial charge in [0.1, 0.15) is 12.4 Å². The van der Waals surface area contributed by atoms with E-state index in [1.807, 2.05) is 35.2 Å². The van der Waals surface area contributed by atoms with E-state index in [9.17, 15) is 4.79 Å². The maximum atomic E-state index is 13.2. The van der Waals surface area contributed by atoms with Crippen LogP contribution in [0.15, 0.2) is 54.6 Å². The molecule has 6 nitrogen and oxygen atoms in total. The van der Waals surface area contributed by atoms with Crippen molar-refractivity contribution in [3.63, 3.8) is 0 Å². The van der Waals surface area contributed by atoms with Crippen molar-refractivity contribution in [1.82, 2.24) is 15.1 Å². The third-order valence-electron chi connectivity index (χ3n) is 6.53. The standard InChI is InChI=1S/C27H37N3O3/c31-27(28-25-11-5-2-6-12-25)30(15-14-29-16-18-32-19-17-29)21-24-10-7-13-26(20-24)33-22-23-8-3-1-4-9-23/h1,3-4,7-10,13,20,25H,2,5-6,11-12,14-19,21-22H2,(H,28,31). The molecule has 2 aromatic carbocycles. The van der Waals surface area contributed by atoms with E-state index in [0.29, 0.717) is 25.7 Å². The lowest BCUT2D eigenvalue weighted by Gasteiger charge is -2.32. The molecule has 0 atom stereocenters. The van der Waals surface area contributed by atoms with Crippen LogP contribution in [-0.4, -0.2) is 61.3 Å². The Morgan fingerprint density at radius 1 is 1.00 bits per heavy atom. The van der Waals surface area contributed by atoms with Gasteiger partial charge in [-0.3, -0.25) is 4.90 Å². The molecule has 1 aliphatic heterocycles. The first kappa shape index (κ1) is 23.6. The normalized spacial score (nSPS) is 17.5. The molecule has 2 fully saturated rings. The second-order valence-corrected chi connectivity index (χ2v) is 9.08. The predicted molar refractivity (Wildman–Crippen MR) is 130 cm³/mol. The average molecular weight is 452 g/mol. The number of benzene rings is 2. The Bertz CT molecular complexity index is 849. The highest BCUT2D eigenvalue weighted by Gasteiger charge is 2.21. The molecule has 2 amide bonds. The van der Waals surface area contributed by atoms with Gasteiger partial charge >= 0.3 is 6.03 Å². The molecular weight excluding hydrogens is 414 g/mol. The van der Waals surface area contributed by atoms with Crippen LogP contribution in [0.3, 0.4) is 0 Å². The molecule has 1 aliphatic carbocycles. The molecule has 6 heteroatoms. The number of carbonyl (C=O) groups excluding carboxylic acids is 1. The van der Waals surface area contributed by atoms with E-state index in [2.05, 4.69) is 34.5 Å². The van der Waals surface area contributed by atoms with Crippen molar-refractivity contribution in [1.29, 1.82) is 0 Å². The Hall–Kier alpha value is -2.57. The maximum absolute atomic E-state index is 13.2. The van der Waals surface area contributed by atoms with Gasteiger partial charge in [-0.15, -0.1) is 0 Å². The number of rotatable bonds is 9. The van der Waals surface area contributed by atoms with Crippen molar-refractivity contribution in [2.45, 2.75) is 51.3 Å². The molecule has 0 bridgehead atoms. The summed E-state index contributed by atoms with van der Waals surface area (Å²) in [6, 6.07) is 18.6. The Kier molecular flexibility index (Phi) is 9.01. The molecule has 0 spiro atoms. The number of ether oxygens (including phenoxy) is 2. The average Bonchev–Trinajstić information content (AvgIpc) is 2.87. The minimum Gasteiger partial charge on any atom is -0.489 e. The van der Waals surface area contributed by atoms with Gasteiger partial charge in [0, 0.05) is 38.8 Å². The summed E-state index contributed by atoms with van der Waals surface area (Å²) >= 11 is 0. The van der Waals surface area contributed by atoms with Gasteiger partial charge in [-0.1, -0.05) is 61.7 Å². The highest BCUT2D eigenvalue weighted by molar-refractivity contribution is 5.74. The molecule has 1 heterocycles. The van der Waals surface area contributed by atoms with Crippen LogP contribution in [0.2, 0.25) is 0 Å². The summed E-state index contributed by atoms with van der Waals surface area (Å²) in [5.74, 6) is 0.831. The zero-order chi connectivity index (χ0) is 22.7. The molecule has 2 aliphatic rings. The fraction of sp³-hybridized carbons (Fsp3) is 0.519. The van der Waals surface area contributed by atoms with Crippen LogP contribution in [-0.2, 0) is 17.9 Å². The number of nitrogens with one attached hydrogen (secondary N) is 1. The summed E-state index contributed by atoms with van der Waals surface area (Å²) in [5.41, 5.74) is 2.23. The minimum absolute atomic E-state index is 0.0470. The molecular formula is C27H37N3O3. The first-order valence-electron chi connectivity index (χ1n) is 12.4. The van der Waals surface area contributed by atoms with Crippen LogP contribution in [0.5, 0.6) is 5.75 Å². The predicted octanol–water partition coefficient (Wildman–Crippen LogP) is 4.44. The third-order valence-corrected chi connectivity index (χ3v) is 6.53. The van der Waals surface area contributed by atoms with Gasteiger partial charge in [-0.2, -0.15) is 0 Å². The van der Waals surface area contributed by atoms with Gasteiger partial charge < -0.3 is 19.7 Å². The van der Waals surface area contributed by atoms with E-state index >= 15 is 0 Å². The van der Waals surface area contributed by atoms with Crippen LogP contribution in [0, 0.1) is 0 Å². The number of morpholine rings is 1. The molecule has 0 aromatic heterocycles. The third kappa shape index (κ3) is 7.76. The fourth-order valence-electron chi connectivity index (χ4n) is 4.55. The Labute approximate surface area is 197 Å². The Morgan fingerprint density at radius 3 is 2.55 bits per heavy atom. The van der Waals surface area contributed by atoms with Crippen molar-refractivity contribution >= 4 is 6.03 Å². The van der Waals surface area contributed by atoms with Crippen LogP contribution < -0.4 is 10.1 Å². The highest BCUT2D eigenvalue weighted by Crippen LogP contribution is 2.19. The minimum atomic E-state index is 0.0470. The van der Waals surface area contributed by atoms with E-state index in [0.717, 1.165) is 62.6 Å². The summed E-state index contributed by atoms with van der Waals surface area (Å²) in [6.45, 7) is 6.09. The van der Waals surface area contributed by atoms with E-state index in [-0.39, 0.29) is 6.03 Å². The monoisotopic (exact) mass is 451 g/mol. The highest BCUT2D eigenvalue weighted by atomic mass is 16.5. The number of carbonyl (C=O) groups is 1. The molecule has 0 radical (unpaired) electrons. The van der Waals surface area contributed by atoms with Crippen molar-refractivity contribution < 1.29 is 14.3 Å². The van der Waals surface area contributed by atoms with Gasteiger partial charge in [0.25, 0.3) is 0 Å². The van der Waals surface area contributed by atoms with Crippen LogP contribution in [0.25, 0.3) is 0 Å². The van der Waals surface area contributed by atoms with E-state index in [1.165, 1.54) is 19.3 Å². The lowest BCUT2D eigenvalue weighted by Crippen LogP contribution is -2.48. The number of urea groups is 1. The van der Waals surface area contributed by atoms with E-state index < -0.39 is 0 Å². The van der Waals surface area contributed by atoms with Crippen molar-refractivity contribution in [2.75, 3.05) is 39.4 Å². The lowest BCUT2D eigenvalue weighted by atomic mass is 9.96. The molecule has 178 valence electrons. The smallest absolute Gasteiger partial charge is 0.317 e. The quantitative estimate of drug-likeness (QED) is 0.612. The van der Waals surface area contributed by atoms with Crippen LogP contribution in [0.4, 0.5) is 4.79 Å². The Balaban J connectivity index is 1.37. The number of nitrogens with zero attached hydrogens (tertiary/aromatic N) is 2. The Morgan fingerprint density at radius 2 is 1.76 bits per heavy atom. The van der Waals surface area contributed by atoms with Crippen LogP contribution in [0.1, 0.15) is 43.2 Å². The largest absolute Gasteiger partial charge is 0.489 e. The molecule has 2 aromatic rings. The molecule has 4 rings (SSSR count). The lowest BCUT2D eigenvalue weighted by molar-refractivity contribution is 0.0345.